The summed E-state index contributed by atoms with van der Waals surface area (Å²) in [6.07, 6.45) is -0.517. The molecule has 5 heteroatoms. The molecule has 126 valence electrons. The zero-order chi connectivity index (χ0) is 16.6. The topological polar surface area (TPSA) is 56.8 Å². The van der Waals surface area contributed by atoms with Crippen molar-refractivity contribution in [3.05, 3.63) is 65.7 Å². The third-order valence-corrected chi connectivity index (χ3v) is 3.72. The second-order valence-corrected chi connectivity index (χ2v) is 5.57. The fraction of sp³-hybridized carbons (Fsp3) is 0.316. The van der Waals surface area contributed by atoms with Gasteiger partial charge in [-0.05, 0) is 23.3 Å². The summed E-state index contributed by atoms with van der Waals surface area (Å²) in [6.45, 7) is 2.27. The summed E-state index contributed by atoms with van der Waals surface area (Å²) in [6, 6.07) is 17.7. The highest BCUT2D eigenvalue weighted by atomic mass is 16.6. The predicted molar refractivity (Wildman–Crippen MR) is 89.6 cm³/mol. The number of hydrogen-bond donors (Lipinski definition) is 1. The smallest absolute Gasteiger partial charge is 0.251 e. The van der Waals surface area contributed by atoms with Crippen LogP contribution in [0.1, 0.15) is 11.1 Å². The van der Waals surface area contributed by atoms with Gasteiger partial charge in [0.1, 0.15) is 12.4 Å². The van der Waals surface area contributed by atoms with E-state index in [9.17, 15) is 4.79 Å². The first-order valence-corrected chi connectivity index (χ1v) is 8.04. The van der Waals surface area contributed by atoms with E-state index in [0.29, 0.717) is 33.0 Å². The van der Waals surface area contributed by atoms with Crippen molar-refractivity contribution in [2.45, 2.75) is 19.3 Å². The maximum Gasteiger partial charge on any atom is 0.251 e. The molecule has 0 aliphatic carbocycles. The van der Waals surface area contributed by atoms with Gasteiger partial charge in [-0.15, -0.1) is 0 Å². The van der Waals surface area contributed by atoms with Gasteiger partial charge in [-0.1, -0.05) is 42.5 Å². The van der Waals surface area contributed by atoms with Crippen molar-refractivity contribution in [1.29, 1.82) is 0 Å². The minimum absolute atomic E-state index is 0.148. The van der Waals surface area contributed by atoms with Crippen LogP contribution in [0.15, 0.2) is 54.6 Å². The Morgan fingerprint density at radius 3 is 2.71 bits per heavy atom. The first-order chi connectivity index (χ1) is 11.8. The van der Waals surface area contributed by atoms with Gasteiger partial charge in [-0.2, -0.15) is 0 Å². The lowest BCUT2D eigenvalue weighted by Crippen LogP contribution is -2.42. The highest BCUT2D eigenvalue weighted by molar-refractivity contribution is 5.80. The molecule has 0 spiro atoms. The Hall–Kier alpha value is -2.37. The normalized spacial score (nSPS) is 17.2. The average molecular weight is 327 g/mol. The van der Waals surface area contributed by atoms with Crippen LogP contribution in [-0.4, -0.2) is 31.8 Å². The number of nitrogens with one attached hydrogen (secondary N) is 1. The molecule has 1 amide bonds. The monoisotopic (exact) mass is 327 g/mol. The van der Waals surface area contributed by atoms with Gasteiger partial charge in [0.2, 0.25) is 0 Å². The predicted octanol–water partition coefficient (Wildman–Crippen LogP) is 2.30. The highest BCUT2D eigenvalue weighted by Gasteiger charge is 2.22. The molecule has 5 nitrogen and oxygen atoms in total. The number of ether oxygens (including phenoxy) is 3. The number of rotatable bonds is 6. The van der Waals surface area contributed by atoms with Gasteiger partial charge in [0.15, 0.2) is 6.10 Å². The third-order valence-electron chi connectivity index (χ3n) is 3.72. The minimum Gasteiger partial charge on any atom is -0.489 e. The number of hydrogen-bond acceptors (Lipinski definition) is 4. The van der Waals surface area contributed by atoms with Crippen LogP contribution in [0.3, 0.4) is 0 Å². The minimum atomic E-state index is -0.517. The van der Waals surface area contributed by atoms with Crippen molar-refractivity contribution in [2.75, 3.05) is 19.8 Å². The van der Waals surface area contributed by atoms with Gasteiger partial charge in [0.25, 0.3) is 5.91 Å². The van der Waals surface area contributed by atoms with Gasteiger partial charge >= 0.3 is 0 Å². The average Bonchev–Trinajstić information content (AvgIpc) is 2.66. The molecule has 1 fully saturated rings. The van der Waals surface area contributed by atoms with E-state index in [-0.39, 0.29) is 5.91 Å². The Morgan fingerprint density at radius 2 is 1.92 bits per heavy atom. The molecule has 2 aromatic rings. The van der Waals surface area contributed by atoms with Gasteiger partial charge in [0, 0.05) is 6.54 Å². The van der Waals surface area contributed by atoms with Crippen molar-refractivity contribution in [3.63, 3.8) is 0 Å². The van der Waals surface area contributed by atoms with Crippen LogP contribution >= 0.6 is 0 Å². The van der Waals surface area contributed by atoms with Crippen LogP contribution in [0.25, 0.3) is 0 Å². The molecular weight excluding hydrogens is 306 g/mol. The first kappa shape index (κ1) is 16.5. The van der Waals surface area contributed by atoms with E-state index in [0.717, 1.165) is 16.9 Å². The summed E-state index contributed by atoms with van der Waals surface area (Å²) in [5, 5.41) is 2.87. The van der Waals surface area contributed by atoms with Gasteiger partial charge in [-0.3, -0.25) is 4.79 Å². The van der Waals surface area contributed by atoms with Gasteiger partial charge in [-0.25, -0.2) is 0 Å². The Labute approximate surface area is 141 Å². The van der Waals surface area contributed by atoms with E-state index >= 15 is 0 Å². The van der Waals surface area contributed by atoms with Crippen molar-refractivity contribution in [1.82, 2.24) is 5.32 Å². The lowest BCUT2D eigenvalue weighted by atomic mass is 10.2. The van der Waals surface area contributed by atoms with Crippen molar-refractivity contribution >= 4 is 5.91 Å². The zero-order valence-corrected chi connectivity index (χ0v) is 13.4. The zero-order valence-electron chi connectivity index (χ0n) is 13.4. The molecule has 3 rings (SSSR count). The molecule has 24 heavy (non-hydrogen) atoms. The van der Waals surface area contributed by atoms with E-state index < -0.39 is 6.10 Å². The molecule has 0 aromatic heterocycles. The quantitative estimate of drug-likeness (QED) is 0.884. The molecule has 0 saturated carbocycles. The molecule has 0 bridgehead atoms. The lowest BCUT2D eigenvalue weighted by molar-refractivity contribution is -0.147. The van der Waals surface area contributed by atoms with Crippen LogP contribution in [0.4, 0.5) is 0 Å². The summed E-state index contributed by atoms with van der Waals surface area (Å²) in [7, 11) is 0. The standard InChI is InChI=1S/C19H21NO4/c21-19(18-14-22-9-10-23-18)20-12-16-7-4-8-17(11-16)24-13-15-5-2-1-3-6-15/h1-8,11,18H,9-10,12-14H2,(H,20,21). The number of carbonyl (C=O) groups is 1. The van der Waals surface area contributed by atoms with Crippen LogP contribution in [0, 0.1) is 0 Å². The Morgan fingerprint density at radius 1 is 1.08 bits per heavy atom. The summed E-state index contributed by atoms with van der Waals surface area (Å²) < 4.78 is 16.4. The van der Waals surface area contributed by atoms with Crippen molar-refractivity contribution < 1.29 is 19.0 Å². The maximum atomic E-state index is 12.0. The molecule has 2 aromatic carbocycles. The molecule has 1 atom stereocenters. The van der Waals surface area contributed by atoms with E-state index in [2.05, 4.69) is 5.32 Å². The van der Waals surface area contributed by atoms with Crippen LogP contribution in [-0.2, 0) is 27.4 Å². The first-order valence-electron chi connectivity index (χ1n) is 8.04. The Kier molecular flexibility index (Phi) is 5.82. The summed E-state index contributed by atoms with van der Waals surface area (Å²) in [5.41, 5.74) is 2.09. The van der Waals surface area contributed by atoms with E-state index in [1.807, 2.05) is 54.6 Å². The van der Waals surface area contributed by atoms with E-state index in [1.54, 1.807) is 0 Å². The molecule has 1 saturated heterocycles. The summed E-state index contributed by atoms with van der Waals surface area (Å²) in [4.78, 5) is 12.0. The third kappa shape index (κ3) is 4.81. The molecule has 1 heterocycles. The fourth-order valence-electron chi connectivity index (χ4n) is 2.43. The number of carbonyl (C=O) groups excluding carboxylic acids is 1. The summed E-state index contributed by atoms with van der Waals surface area (Å²) in [5.74, 6) is 0.633. The summed E-state index contributed by atoms with van der Waals surface area (Å²) >= 11 is 0. The molecule has 1 aliphatic rings. The van der Waals surface area contributed by atoms with E-state index in [4.69, 9.17) is 14.2 Å². The second kappa shape index (κ2) is 8.47. The SMILES string of the molecule is O=C(NCc1cccc(OCc2ccccc2)c1)C1COCCO1. The van der Waals surface area contributed by atoms with Gasteiger partial charge in [0.05, 0.1) is 19.8 Å². The Bertz CT molecular complexity index is 653. The largest absolute Gasteiger partial charge is 0.489 e. The van der Waals surface area contributed by atoms with Crippen LogP contribution in [0.2, 0.25) is 0 Å². The molecule has 1 unspecified atom stereocenters. The van der Waals surface area contributed by atoms with E-state index in [1.165, 1.54) is 0 Å². The molecular formula is C19H21NO4. The van der Waals surface area contributed by atoms with Crippen molar-refractivity contribution in [2.24, 2.45) is 0 Å². The second-order valence-electron chi connectivity index (χ2n) is 5.57. The highest BCUT2D eigenvalue weighted by Crippen LogP contribution is 2.15. The van der Waals surface area contributed by atoms with Gasteiger partial charge < -0.3 is 19.5 Å². The number of amides is 1. The van der Waals surface area contributed by atoms with Crippen LogP contribution in [0.5, 0.6) is 5.75 Å². The Balaban J connectivity index is 1.50. The molecule has 1 aliphatic heterocycles. The molecule has 0 radical (unpaired) electrons. The van der Waals surface area contributed by atoms with Crippen LogP contribution < -0.4 is 10.1 Å². The van der Waals surface area contributed by atoms with Crippen molar-refractivity contribution in [3.8, 4) is 5.75 Å². The maximum absolute atomic E-state index is 12.0. The lowest BCUT2D eigenvalue weighted by Gasteiger charge is -2.22. The number of benzene rings is 2. The fourth-order valence-corrected chi connectivity index (χ4v) is 2.43. The molecule has 1 N–H and O–H groups in total.